The summed E-state index contributed by atoms with van der Waals surface area (Å²) in [5, 5.41) is 11.6. The van der Waals surface area contributed by atoms with Gasteiger partial charge in [0.05, 0.1) is 18.8 Å². The van der Waals surface area contributed by atoms with Gasteiger partial charge in [-0.25, -0.2) is 4.79 Å². The maximum absolute atomic E-state index is 11.8. The highest BCUT2D eigenvalue weighted by Crippen LogP contribution is 2.04. The Labute approximate surface area is 124 Å². The zero-order chi connectivity index (χ0) is 15.5. The van der Waals surface area contributed by atoms with E-state index in [0.717, 1.165) is 12.8 Å². The second-order valence-electron chi connectivity index (χ2n) is 4.45. The number of rotatable bonds is 10. The Morgan fingerprint density at radius 2 is 1.71 bits per heavy atom. The van der Waals surface area contributed by atoms with E-state index in [1.54, 1.807) is 7.11 Å². The molecular formula is C15H21NO5. The smallest absolute Gasteiger partial charge is 0.335 e. The van der Waals surface area contributed by atoms with Crippen LogP contribution in [0, 0.1) is 0 Å². The van der Waals surface area contributed by atoms with Crippen molar-refractivity contribution in [2.24, 2.45) is 0 Å². The summed E-state index contributed by atoms with van der Waals surface area (Å²) in [6.07, 6.45) is 1.69. The van der Waals surface area contributed by atoms with E-state index < -0.39 is 5.97 Å². The van der Waals surface area contributed by atoms with Crippen LogP contribution in [0.25, 0.3) is 0 Å². The first-order chi connectivity index (χ1) is 10.1. The third-order valence-electron chi connectivity index (χ3n) is 2.83. The second-order valence-corrected chi connectivity index (χ2v) is 4.45. The second kappa shape index (κ2) is 9.90. The van der Waals surface area contributed by atoms with Crippen molar-refractivity contribution in [2.75, 3.05) is 33.5 Å². The van der Waals surface area contributed by atoms with Crippen LogP contribution in [-0.2, 0) is 9.47 Å². The minimum absolute atomic E-state index is 0.166. The molecule has 0 saturated heterocycles. The molecule has 1 aromatic carbocycles. The van der Waals surface area contributed by atoms with Crippen molar-refractivity contribution in [3.05, 3.63) is 35.4 Å². The van der Waals surface area contributed by atoms with Crippen LogP contribution in [0.5, 0.6) is 0 Å². The highest BCUT2D eigenvalue weighted by Gasteiger charge is 2.07. The summed E-state index contributed by atoms with van der Waals surface area (Å²) in [6.45, 7) is 2.38. The van der Waals surface area contributed by atoms with Crippen LogP contribution < -0.4 is 5.32 Å². The highest BCUT2D eigenvalue weighted by molar-refractivity contribution is 5.95. The summed E-state index contributed by atoms with van der Waals surface area (Å²) < 4.78 is 10.2. The number of unbranched alkanes of at least 4 members (excludes halogenated alkanes) is 1. The van der Waals surface area contributed by atoms with Crippen LogP contribution in [0.4, 0.5) is 0 Å². The average Bonchev–Trinajstić information content (AvgIpc) is 2.49. The molecule has 0 radical (unpaired) electrons. The number of amides is 1. The maximum atomic E-state index is 11.8. The van der Waals surface area contributed by atoms with E-state index in [0.29, 0.717) is 31.9 Å². The molecule has 0 atom stereocenters. The Kier molecular flexibility index (Phi) is 8.08. The molecule has 6 nitrogen and oxygen atoms in total. The zero-order valence-electron chi connectivity index (χ0n) is 12.1. The number of hydrogen-bond donors (Lipinski definition) is 2. The molecule has 116 valence electrons. The molecule has 0 saturated carbocycles. The number of hydrogen-bond acceptors (Lipinski definition) is 4. The SMILES string of the molecule is COCCOCCCCNC(=O)c1ccc(C(=O)O)cc1. The van der Waals surface area contributed by atoms with Gasteiger partial charge in [-0.15, -0.1) is 0 Å². The standard InChI is InChI=1S/C15H21NO5/c1-20-10-11-21-9-3-2-8-16-14(17)12-4-6-13(7-5-12)15(18)19/h4-7H,2-3,8-11H2,1H3,(H,16,17)(H,18,19). The third kappa shape index (κ3) is 6.87. The molecule has 0 aliphatic heterocycles. The fraction of sp³-hybridized carbons (Fsp3) is 0.467. The Hall–Kier alpha value is -1.92. The monoisotopic (exact) mass is 295 g/mol. The lowest BCUT2D eigenvalue weighted by atomic mass is 10.1. The van der Waals surface area contributed by atoms with E-state index in [4.69, 9.17) is 14.6 Å². The van der Waals surface area contributed by atoms with Gasteiger partial charge in [-0.2, -0.15) is 0 Å². The van der Waals surface area contributed by atoms with E-state index in [1.807, 2.05) is 0 Å². The van der Waals surface area contributed by atoms with Crippen molar-refractivity contribution < 1.29 is 24.2 Å². The molecule has 1 rings (SSSR count). The number of methoxy groups -OCH3 is 1. The van der Waals surface area contributed by atoms with E-state index in [-0.39, 0.29) is 11.5 Å². The summed E-state index contributed by atoms with van der Waals surface area (Å²) in [4.78, 5) is 22.5. The van der Waals surface area contributed by atoms with Crippen LogP contribution in [0.1, 0.15) is 33.6 Å². The topological polar surface area (TPSA) is 84.9 Å². The van der Waals surface area contributed by atoms with Gasteiger partial charge < -0.3 is 19.9 Å². The van der Waals surface area contributed by atoms with Gasteiger partial charge in [0.15, 0.2) is 0 Å². The Morgan fingerprint density at radius 1 is 1.05 bits per heavy atom. The average molecular weight is 295 g/mol. The van der Waals surface area contributed by atoms with Crippen LogP contribution in [0.2, 0.25) is 0 Å². The lowest BCUT2D eigenvalue weighted by Gasteiger charge is -2.06. The number of nitrogens with one attached hydrogen (secondary N) is 1. The Morgan fingerprint density at radius 3 is 2.33 bits per heavy atom. The third-order valence-corrected chi connectivity index (χ3v) is 2.83. The van der Waals surface area contributed by atoms with Crippen LogP contribution in [0.3, 0.4) is 0 Å². The van der Waals surface area contributed by atoms with Crippen molar-refractivity contribution in [2.45, 2.75) is 12.8 Å². The predicted molar refractivity (Wildman–Crippen MR) is 77.7 cm³/mol. The molecule has 0 aliphatic carbocycles. The zero-order valence-corrected chi connectivity index (χ0v) is 12.1. The van der Waals surface area contributed by atoms with E-state index in [9.17, 15) is 9.59 Å². The minimum Gasteiger partial charge on any atom is -0.478 e. The van der Waals surface area contributed by atoms with E-state index in [2.05, 4.69) is 5.32 Å². The molecule has 0 heterocycles. The van der Waals surface area contributed by atoms with Gasteiger partial charge in [-0.1, -0.05) is 0 Å². The van der Waals surface area contributed by atoms with Crippen molar-refractivity contribution >= 4 is 11.9 Å². The summed E-state index contributed by atoms with van der Waals surface area (Å²) >= 11 is 0. The first-order valence-electron chi connectivity index (χ1n) is 6.83. The summed E-state index contributed by atoms with van der Waals surface area (Å²) in [6, 6.07) is 5.85. The fourth-order valence-corrected chi connectivity index (χ4v) is 1.64. The van der Waals surface area contributed by atoms with Crippen molar-refractivity contribution in [1.29, 1.82) is 0 Å². The lowest BCUT2D eigenvalue weighted by molar-refractivity contribution is 0.0686. The number of benzene rings is 1. The summed E-state index contributed by atoms with van der Waals surface area (Å²) in [5.74, 6) is -1.21. The van der Waals surface area contributed by atoms with Gasteiger partial charge in [0.1, 0.15) is 0 Å². The quantitative estimate of drug-likeness (QED) is 0.640. The maximum Gasteiger partial charge on any atom is 0.335 e. The lowest BCUT2D eigenvalue weighted by Crippen LogP contribution is -2.24. The fourth-order valence-electron chi connectivity index (χ4n) is 1.64. The van der Waals surface area contributed by atoms with Gasteiger partial charge in [-0.3, -0.25) is 4.79 Å². The molecule has 1 aromatic rings. The minimum atomic E-state index is -1.00. The van der Waals surface area contributed by atoms with Crippen molar-refractivity contribution in [1.82, 2.24) is 5.32 Å². The number of carbonyl (C=O) groups excluding carboxylic acids is 1. The van der Waals surface area contributed by atoms with Crippen LogP contribution in [0.15, 0.2) is 24.3 Å². The molecule has 0 unspecified atom stereocenters. The molecule has 1 amide bonds. The van der Waals surface area contributed by atoms with Gasteiger partial charge in [0, 0.05) is 25.8 Å². The Balaban J connectivity index is 2.17. The van der Waals surface area contributed by atoms with Crippen LogP contribution >= 0.6 is 0 Å². The molecule has 0 aliphatic rings. The molecule has 0 fully saturated rings. The normalized spacial score (nSPS) is 10.3. The van der Waals surface area contributed by atoms with E-state index in [1.165, 1.54) is 24.3 Å². The summed E-state index contributed by atoms with van der Waals surface area (Å²) in [7, 11) is 1.63. The molecule has 0 bridgehead atoms. The van der Waals surface area contributed by atoms with E-state index >= 15 is 0 Å². The molecule has 0 spiro atoms. The molecule has 0 aromatic heterocycles. The van der Waals surface area contributed by atoms with Gasteiger partial charge >= 0.3 is 5.97 Å². The number of carbonyl (C=O) groups is 2. The largest absolute Gasteiger partial charge is 0.478 e. The predicted octanol–water partition coefficient (Wildman–Crippen LogP) is 1.56. The van der Waals surface area contributed by atoms with Gasteiger partial charge in [0.2, 0.25) is 0 Å². The first kappa shape index (κ1) is 17.1. The first-order valence-corrected chi connectivity index (χ1v) is 6.83. The van der Waals surface area contributed by atoms with Crippen molar-refractivity contribution in [3.63, 3.8) is 0 Å². The molecular weight excluding hydrogens is 274 g/mol. The molecule has 2 N–H and O–H groups in total. The van der Waals surface area contributed by atoms with Crippen molar-refractivity contribution in [3.8, 4) is 0 Å². The van der Waals surface area contributed by atoms with Crippen LogP contribution in [-0.4, -0.2) is 50.5 Å². The number of ether oxygens (including phenoxy) is 2. The summed E-state index contributed by atoms with van der Waals surface area (Å²) in [5.41, 5.74) is 0.621. The number of carboxylic acid groups (broad SMARTS) is 1. The van der Waals surface area contributed by atoms with Gasteiger partial charge in [-0.05, 0) is 37.1 Å². The Bertz CT molecular complexity index is 444. The number of aromatic carboxylic acids is 1. The molecule has 21 heavy (non-hydrogen) atoms. The van der Waals surface area contributed by atoms with Gasteiger partial charge in [0.25, 0.3) is 5.91 Å². The molecule has 6 heteroatoms. The number of carboxylic acids is 1. The highest BCUT2D eigenvalue weighted by atomic mass is 16.5.